The van der Waals surface area contributed by atoms with E-state index in [1.807, 2.05) is 0 Å². The van der Waals surface area contributed by atoms with E-state index in [2.05, 4.69) is 6.58 Å². The zero-order chi connectivity index (χ0) is 14.5. The van der Waals surface area contributed by atoms with Crippen LogP contribution >= 0.6 is 0 Å². The van der Waals surface area contributed by atoms with Crippen molar-refractivity contribution in [3.8, 4) is 0 Å². The van der Waals surface area contributed by atoms with E-state index < -0.39 is 23.7 Å². The van der Waals surface area contributed by atoms with Crippen molar-refractivity contribution in [1.82, 2.24) is 0 Å². The minimum absolute atomic E-state index is 0.118. The minimum atomic E-state index is -3.11. The second-order valence-electron chi connectivity index (χ2n) is 4.59. The van der Waals surface area contributed by atoms with Crippen LogP contribution in [0.3, 0.4) is 0 Å². The summed E-state index contributed by atoms with van der Waals surface area (Å²) in [5.41, 5.74) is -1.53. The Morgan fingerprint density at radius 2 is 1.95 bits per heavy atom. The number of hydrogen-bond donors (Lipinski definition) is 0. The average Bonchev–Trinajstić information content (AvgIpc) is 2.39. The Morgan fingerprint density at radius 3 is 2.42 bits per heavy atom. The van der Waals surface area contributed by atoms with E-state index in [4.69, 9.17) is 4.74 Å². The van der Waals surface area contributed by atoms with Gasteiger partial charge in [0.25, 0.3) is 5.92 Å². The van der Waals surface area contributed by atoms with Gasteiger partial charge in [0.2, 0.25) is 0 Å². The first-order valence-corrected chi connectivity index (χ1v) is 6.10. The SMILES string of the molecule is C=CC(C)(CC(F)(F)c1ccccc1)C(=O)OCC. The van der Waals surface area contributed by atoms with E-state index in [1.165, 1.54) is 25.1 Å². The third-order valence-corrected chi connectivity index (χ3v) is 2.98. The molecule has 0 aliphatic rings. The lowest BCUT2D eigenvalue weighted by molar-refractivity contribution is -0.157. The maximum atomic E-state index is 14.2. The smallest absolute Gasteiger partial charge is 0.315 e. The van der Waals surface area contributed by atoms with Crippen LogP contribution in [-0.2, 0) is 15.5 Å². The van der Waals surface area contributed by atoms with Gasteiger partial charge in [-0.2, -0.15) is 0 Å². The van der Waals surface area contributed by atoms with Crippen molar-refractivity contribution in [3.63, 3.8) is 0 Å². The zero-order valence-electron chi connectivity index (χ0n) is 11.2. The number of ether oxygens (including phenoxy) is 1. The molecule has 0 aliphatic carbocycles. The molecule has 4 heteroatoms. The van der Waals surface area contributed by atoms with Crippen molar-refractivity contribution < 1.29 is 18.3 Å². The molecule has 0 bridgehead atoms. The van der Waals surface area contributed by atoms with Crippen LogP contribution in [0, 0.1) is 5.41 Å². The number of carbonyl (C=O) groups is 1. The molecule has 0 fully saturated rings. The van der Waals surface area contributed by atoms with Crippen LogP contribution < -0.4 is 0 Å². The largest absolute Gasteiger partial charge is 0.465 e. The third kappa shape index (κ3) is 3.63. The van der Waals surface area contributed by atoms with Crippen molar-refractivity contribution in [2.24, 2.45) is 5.41 Å². The van der Waals surface area contributed by atoms with Crippen LogP contribution in [0.25, 0.3) is 0 Å². The van der Waals surface area contributed by atoms with Crippen molar-refractivity contribution in [1.29, 1.82) is 0 Å². The summed E-state index contributed by atoms with van der Waals surface area (Å²) < 4.78 is 33.2. The summed E-state index contributed by atoms with van der Waals surface area (Å²) in [7, 11) is 0. The van der Waals surface area contributed by atoms with Gasteiger partial charge in [-0.3, -0.25) is 4.79 Å². The molecule has 104 valence electrons. The fourth-order valence-corrected chi connectivity index (χ4v) is 1.77. The first-order chi connectivity index (χ1) is 8.85. The Morgan fingerprint density at radius 1 is 1.37 bits per heavy atom. The lowest BCUT2D eigenvalue weighted by atomic mass is 9.82. The first-order valence-electron chi connectivity index (χ1n) is 6.10. The van der Waals surface area contributed by atoms with E-state index >= 15 is 0 Å². The molecule has 0 aromatic heterocycles. The van der Waals surface area contributed by atoms with Crippen molar-refractivity contribution in [3.05, 3.63) is 48.6 Å². The number of esters is 1. The Bertz CT molecular complexity index is 443. The first kappa shape index (κ1) is 15.3. The highest BCUT2D eigenvalue weighted by Gasteiger charge is 2.44. The molecule has 1 aromatic rings. The monoisotopic (exact) mass is 268 g/mol. The second-order valence-corrected chi connectivity index (χ2v) is 4.59. The van der Waals surface area contributed by atoms with Gasteiger partial charge in [-0.15, -0.1) is 6.58 Å². The third-order valence-electron chi connectivity index (χ3n) is 2.98. The van der Waals surface area contributed by atoms with Gasteiger partial charge in [-0.05, 0) is 13.8 Å². The molecule has 0 saturated heterocycles. The zero-order valence-corrected chi connectivity index (χ0v) is 11.2. The van der Waals surface area contributed by atoms with E-state index in [1.54, 1.807) is 25.1 Å². The molecule has 0 heterocycles. The number of rotatable bonds is 6. The van der Waals surface area contributed by atoms with Gasteiger partial charge < -0.3 is 4.74 Å². The van der Waals surface area contributed by atoms with E-state index in [-0.39, 0.29) is 12.2 Å². The molecule has 0 aliphatic heterocycles. The van der Waals surface area contributed by atoms with Gasteiger partial charge in [0, 0.05) is 12.0 Å². The van der Waals surface area contributed by atoms with Gasteiger partial charge in [0.1, 0.15) is 0 Å². The molecule has 0 spiro atoms. The quantitative estimate of drug-likeness (QED) is 0.577. The molecule has 0 radical (unpaired) electrons. The Kier molecular flexibility index (Phi) is 4.81. The van der Waals surface area contributed by atoms with Crippen molar-refractivity contribution >= 4 is 5.97 Å². The molecule has 0 saturated carbocycles. The predicted octanol–water partition coefficient (Wildman–Crippen LogP) is 3.92. The Balaban J connectivity index is 2.97. The minimum Gasteiger partial charge on any atom is -0.465 e. The number of hydrogen-bond acceptors (Lipinski definition) is 2. The summed E-state index contributed by atoms with van der Waals surface area (Å²) in [6.45, 7) is 6.68. The average molecular weight is 268 g/mol. The second kappa shape index (κ2) is 5.95. The summed E-state index contributed by atoms with van der Waals surface area (Å²) in [4.78, 5) is 11.8. The predicted molar refractivity (Wildman–Crippen MR) is 69.9 cm³/mol. The summed E-state index contributed by atoms with van der Waals surface area (Å²) in [6.07, 6.45) is 0.564. The van der Waals surface area contributed by atoms with Gasteiger partial charge in [0.15, 0.2) is 0 Å². The van der Waals surface area contributed by atoms with E-state index in [0.717, 1.165) is 0 Å². The lowest BCUT2D eigenvalue weighted by Gasteiger charge is -2.28. The van der Waals surface area contributed by atoms with Crippen molar-refractivity contribution in [2.75, 3.05) is 6.61 Å². The van der Waals surface area contributed by atoms with E-state index in [9.17, 15) is 13.6 Å². The molecule has 19 heavy (non-hydrogen) atoms. The molecule has 2 nitrogen and oxygen atoms in total. The highest BCUT2D eigenvalue weighted by Crippen LogP contribution is 2.41. The Labute approximate surface area is 112 Å². The van der Waals surface area contributed by atoms with Crippen LogP contribution in [0.2, 0.25) is 0 Å². The fourth-order valence-electron chi connectivity index (χ4n) is 1.77. The highest BCUT2D eigenvalue weighted by atomic mass is 19.3. The standard InChI is InChI=1S/C15H18F2O2/c1-4-14(3,13(18)19-5-2)11-15(16,17)12-9-7-6-8-10-12/h4,6-10H,1,5,11H2,2-3H3. The highest BCUT2D eigenvalue weighted by molar-refractivity contribution is 5.78. The van der Waals surface area contributed by atoms with Crippen LogP contribution in [-0.4, -0.2) is 12.6 Å². The van der Waals surface area contributed by atoms with Gasteiger partial charge >= 0.3 is 5.97 Å². The molecule has 1 rings (SSSR count). The molecule has 0 amide bonds. The maximum Gasteiger partial charge on any atom is 0.315 e. The molecule has 1 unspecified atom stereocenters. The molecule has 0 N–H and O–H groups in total. The number of halogens is 2. The van der Waals surface area contributed by atoms with Crippen molar-refractivity contribution in [2.45, 2.75) is 26.2 Å². The van der Waals surface area contributed by atoms with Crippen LogP contribution in [0.4, 0.5) is 8.78 Å². The van der Waals surface area contributed by atoms with Gasteiger partial charge in [-0.25, -0.2) is 8.78 Å². The number of alkyl halides is 2. The van der Waals surface area contributed by atoms with E-state index in [0.29, 0.717) is 0 Å². The summed E-state index contributed by atoms with van der Waals surface area (Å²) in [5.74, 6) is -3.79. The maximum absolute atomic E-state index is 14.2. The normalized spacial score (nSPS) is 14.5. The number of benzene rings is 1. The molecular formula is C15H18F2O2. The lowest BCUT2D eigenvalue weighted by Crippen LogP contribution is -2.33. The molecular weight excluding hydrogens is 250 g/mol. The topological polar surface area (TPSA) is 26.3 Å². The summed E-state index contributed by atoms with van der Waals surface area (Å²) in [6, 6.07) is 7.43. The molecule has 1 atom stereocenters. The summed E-state index contributed by atoms with van der Waals surface area (Å²) >= 11 is 0. The number of carbonyl (C=O) groups excluding carboxylic acids is 1. The van der Waals surface area contributed by atoms with Gasteiger partial charge in [-0.1, -0.05) is 36.4 Å². The van der Waals surface area contributed by atoms with Crippen LogP contribution in [0.15, 0.2) is 43.0 Å². The van der Waals surface area contributed by atoms with Gasteiger partial charge in [0.05, 0.1) is 12.0 Å². The molecule has 1 aromatic carbocycles. The fraction of sp³-hybridized carbons (Fsp3) is 0.400. The van der Waals surface area contributed by atoms with Crippen LogP contribution in [0.1, 0.15) is 25.8 Å². The summed E-state index contributed by atoms with van der Waals surface area (Å²) in [5, 5.41) is 0. The Hall–Kier alpha value is -1.71. The van der Waals surface area contributed by atoms with Crippen LogP contribution in [0.5, 0.6) is 0 Å².